The third-order valence-corrected chi connectivity index (χ3v) is 6.65. The Morgan fingerprint density at radius 1 is 1.13 bits per heavy atom. The number of nitrogens with two attached hydrogens (primary N) is 1. The molecule has 1 aromatic heterocycles. The molecule has 164 valence electrons. The van der Waals surface area contributed by atoms with E-state index >= 15 is 0 Å². The molecule has 1 amide bonds. The number of benzene rings is 2. The molecule has 1 heterocycles. The maximum atomic E-state index is 12.8. The van der Waals surface area contributed by atoms with Gasteiger partial charge >= 0.3 is 0 Å². The minimum Gasteiger partial charge on any atom is -0.328 e. The number of rotatable bonds is 6. The molecule has 0 unspecified atom stereocenters. The fraction of sp³-hybridized carbons (Fsp3) is 0.348. The lowest BCUT2D eigenvalue weighted by Gasteiger charge is -2.25. The lowest BCUT2D eigenvalue weighted by Crippen LogP contribution is -2.28. The number of anilines is 1. The molecular formula is C23H28ClN5OS. The van der Waals surface area contributed by atoms with E-state index in [4.69, 9.17) is 5.73 Å². The Labute approximate surface area is 193 Å². The summed E-state index contributed by atoms with van der Waals surface area (Å²) >= 11 is 1.70. The normalized spacial score (nSPS) is 18.3. The Hall–Kier alpha value is -2.35. The molecular weight excluding hydrogens is 430 g/mol. The van der Waals surface area contributed by atoms with Gasteiger partial charge in [0.2, 0.25) is 0 Å². The van der Waals surface area contributed by atoms with E-state index in [1.54, 1.807) is 18.0 Å². The first-order valence-corrected chi connectivity index (χ1v) is 11.3. The summed E-state index contributed by atoms with van der Waals surface area (Å²) in [5, 5.41) is 11.3. The highest BCUT2D eigenvalue weighted by Gasteiger charge is 2.22. The van der Waals surface area contributed by atoms with Crippen LogP contribution in [0.15, 0.2) is 59.6 Å². The van der Waals surface area contributed by atoms with Gasteiger partial charge in [-0.05, 0) is 50.3 Å². The number of carbonyl (C=O) groups is 1. The van der Waals surface area contributed by atoms with E-state index in [1.807, 2.05) is 28.9 Å². The third kappa shape index (κ3) is 6.09. The Bertz CT molecular complexity index is 999. The molecule has 0 spiro atoms. The first-order chi connectivity index (χ1) is 14.6. The van der Waals surface area contributed by atoms with Gasteiger partial charge in [0, 0.05) is 16.7 Å². The summed E-state index contributed by atoms with van der Waals surface area (Å²) in [5.41, 5.74) is 9.61. The zero-order valence-corrected chi connectivity index (χ0v) is 19.2. The highest BCUT2D eigenvalue weighted by atomic mass is 35.5. The van der Waals surface area contributed by atoms with E-state index in [0.717, 1.165) is 42.0 Å². The number of hydrogen-bond acceptors (Lipinski definition) is 5. The highest BCUT2D eigenvalue weighted by molar-refractivity contribution is 7.98. The van der Waals surface area contributed by atoms with Crippen molar-refractivity contribution in [2.45, 2.75) is 55.3 Å². The third-order valence-electron chi connectivity index (χ3n) is 5.51. The fourth-order valence-corrected chi connectivity index (χ4v) is 4.62. The Morgan fingerprint density at radius 2 is 1.84 bits per heavy atom. The molecule has 0 saturated heterocycles. The standard InChI is InChI=1S/C23H27N5OS.ClH/c1-16-6-8-17(9-7-16)15-30-22-5-3-2-4-20(22)25-23(29)21-14-28(27-26-21)19-12-10-18(24)11-13-19;/h2-9,14,18-19H,10-13,15,24H2,1H3,(H,25,29);1H. The van der Waals surface area contributed by atoms with Crippen LogP contribution >= 0.6 is 24.2 Å². The van der Waals surface area contributed by atoms with Gasteiger partial charge in [0.25, 0.3) is 5.91 Å². The molecule has 6 nitrogen and oxygen atoms in total. The van der Waals surface area contributed by atoms with Crippen LogP contribution in [0.1, 0.15) is 53.3 Å². The van der Waals surface area contributed by atoms with Crippen molar-refractivity contribution in [2.24, 2.45) is 5.73 Å². The second-order valence-corrected chi connectivity index (χ2v) is 8.89. The fourth-order valence-electron chi connectivity index (χ4n) is 3.65. The largest absolute Gasteiger partial charge is 0.328 e. The molecule has 0 bridgehead atoms. The van der Waals surface area contributed by atoms with Crippen LogP contribution in [0.5, 0.6) is 0 Å². The topological polar surface area (TPSA) is 85.8 Å². The van der Waals surface area contributed by atoms with E-state index in [1.165, 1.54) is 11.1 Å². The maximum absolute atomic E-state index is 12.8. The van der Waals surface area contributed by atoms with E-state index in [0.29, 0.717) is 5.69 Å². The number of aromatic nitrogens is 3. The second kappa shape index (κ2) is 10.8. The van der Waals surface area contributed by atoms with Crippen LogP contribution in [0, 0.1) is 6.92 Å². The van der Waals surface area contributed by atoms with Crippen molar-refractivity contribution in [1.82, 2.24) is 15.0 Å². The van der Waals surface area contributed by atoms with Crippen LogP contribution < -0.4 is 11.1 Å². The smallest absolute Gasteiger partial charge is 0.277 e. The van der Waals surface area contributed by atoms with Crippen molar-refractivity contribution in [1.29, 1.82) is 0 Å². The zero-order valence-electron chi connectivity index (χ0n) is 17.5. The number of halogens is 1. The van der Waals surface area contributed by atoms with E-state index in [2.05, 4.69) is 46.8 Å². The van der Waals surface area contributed by atoms with Gasteiger partial charge in [-0.2, -0.15) is 0 Å². The van der Waals surface area contributed by atoms with Gasteiger partial charge in [0.15, 0.2) is 5.69 Å². The molecule has 1 saturated carbocycles. The van der Waals surface area contributed by atoms with Crippen molar-refractivity contribution in [2.75, 3.05) is 5.32 Å². The van der Waals surface area contributed by atoms with Crippen LogP contribution in [0.25, 0.3) is 0 Å². The van der Waals surface area contributed by atoms with Crippen LogP contribution in [0.4, 0.5) is 5.69 Å². The number of nitrogens with one attached hydrogen (secondary N) is 1. The van der Waals surface area contributed by atoms with Gasteiger partial charge in [-0.1, -0.05) is 47.2 Å². The van der Waals surface area contributed by atoms with Crippen molar-refractivity contribution in [3.63, 3.8) is 0 Å². The van der Waals surface area contributed by atoms with Crippen molar-refractivity contribution < 1.29 is 4.79 Å². The summed E-state index contributed by atoms with van der Waals surface area (Å²) in [4.78, 5) is 13.8. The number of hydrogen-bond donors (Lipinski definition) is 2. The van der Waals surface area contributed by atoms with Crippen LogP contribution in [0.2, 0.25) is 0 Å². The van der Waals surface area contributed by atoms with Crippen molar-refractivity contribution in [3.05, 3.63) is 71.5 Å². The van der Waals surface area contributed by atoms with Crippen LogP contribution in [-0.2, 0) is 5.75 Å². The second-order valence-electron chi connectivity index (χ2n) is 7.88. The van der Waals surface area contributed by atoms with Crippen LogP contribution in [-0.4, -0.2) is 26.9 Å². The highest BCUT2D eigenvalue weighted by Crippen LogP contribution is 2.30. The van der Waals surface area contributed by atoms with E-state index in [-0.39, 0.29) is 30.4 Å². The molecule has 31 heavy (non-hydrogen) atoms. The zero-order chi connectivity index (χ0) is 20.9. The summed E-state index contributed by atoms with van der Waals surface area (Å²) in [5.74, 6) is 0.602. The average Bonchev–Trinajstić information content (AvgIpc) is 3.25. The predicted molar refractivity (Wildman–Crippen MR) is 128 cm³/mol. The number of para-hydroxylation sites is 1. The summed E-state index contributed by atoms with van der Waals surface area (Å²) < 4.78 is 1.82. The molecule has 3 aromatic rings. The molecule has 0 radical (unpaired) electrons. The average molecular weight is 458 g/mol. The predicted octanol–water partition coefficient (Wildman–Crippen LogP) is 5.00. The first-order valence-electron chi connectivity index (χ1n) is 10.3. The summed E-state index contributed by atoms with van der Waals surface area (Å²) in [6.07, 6.45) is 5.67. The van der Waals surface area contributed by atoms with E-state index in [9.17, 15) is 4.79 Å². The van der Waals surface area contributed by atoms with Gasteiger partial charge in [-0.25, -0.2) is 4.68 Å². The minimum absolute atomic E-state index is 0. The maximum Gasteiger partial charge on any atom is 0.277 e. The van der Waals surface area contributed by atoms with Gasteiger partial charge in [-0.15, -0.1) is 29.3 Å². The quantitative estimate of drug-likeness (QED) is 0.509. The molecule has 3 N–H and O–H groups in total. The summed E-state index contributed by atoms with van der Waals surface area (Å²) in [6, 6.07) is 16.9. The number of thioether (sulfide) groups is 1. The van der Waals surface area contributed by atoms with E-state index < -0.39 is 0 Å². The molecule has 2 aromatic carbocycles. The van der Waals surface area contributed by atoms with Gasteiger partial charge in [0.1, 0.15) is 0 Å². The molecule has 4 rings (SSSR count). The number of amides is 1. The lowest BCUT2D eigenvalue weighted by atomic mass is 9.92. The Morgan fingerprint density at radius 3 is 2.58 bits per heavy atom. The Kier molecular flexibility index (Phi) is 8.12. The Balaban J connectivity index is 0.00000272. The molecule has 1 aliphatic rings. The van der Waals surface area contributed by atoms with Crippen molar-refractivity contribution in [3.8, 4) is 0 Å². The molecule has 0 aliphatic heterocycles. The van der Waals surface area contributed by atoms with Gasteiger partial charge in [0.05, 0.1) is 17.9 Å². The molecule has 8 heteroatoms. The first kappa shape index (κ1) is 23.3. The molecule has 0 atom stereocenters. The van der Waals surface area contributed by atoms with Crippen LogP contribution in [0.3, 0.4) is 0 Å². The summed E-state index contributed by atoms with van der Waals surface area (Å²) in [7, 11) is 0. The number of aryl methyl sites for hydroxylation is 1. The lowest BCUT2D eigenvalue weighted by molar-refractivity contribution is 0.102. The summed E-state index contributed by atoms with van der Waals surface area (Å²) in [6.45, 7) is 2.08. The van der Waals surface area contributed by atoms with Gasteiger partial charge < -0.3 is 11.1 Å². The monoisotopic (exact) mass is 457 g/mol. The van der Waals surface area contributed by atoms with Gasteiger partial charge in [-0.3, -0.25) is 4.79 Å². The number of carbonyl (C=O) groups excluding carboxylic acids is 1. The van der Waals surface area contributed by atoms with Crippen molar-refractivity contribution >= 4 is 35.8 Å². The molecule has 1 aliphatic carbocycles. The number of nitrogens with zero attached hydrogens (tertiary/aromatic N) is 3. The molecule has 1 fully saturated rings. The SMILES string of the molecule is Cc1ccc(CSc2ccccc2NC(=O)c2cn(C3CCC(N)CC3)nn2)cc1.Cl. The minimum atomic E-state index is -0.239.